The van der Waals surface area contributed by atoms with Crippen LogP contribution in [0.5, 0.6) is 0 Å². The maximum absolute atomic E-state index is 5.72. The van der Waals surface area contributed by atoms with E-state index < -0.39 is 0 Å². The lowest BCUT2D eigenvalue weighted by molar-refractivity contribution is 0.882. The fourth-order valence-electron chi connectivity index (χ4n) is 1.33. The van der Waals surface area contributed by atoms with Crippen molar-refractivity contribution in [2.75, 3.05) is 11.1 Å². The molecule has 78 valence electrons. The molecule has 0 aliphatic carbocycles. The van der Waals surface area contributed by atoms with E-state index in [0.29, 0.717) is 0 Å². The molecule has 0 fully saturated rings. The van der Waals surface area contributed by atoms with Crippen molar-refractivity contribution in [3.63, 3.8) is 0 Å². The first-order valence-electron chi connectivity index (χ1n) is 4.64. The number of nitrogen functional groups attached to an aromatic ring is 1. The minimum atomic E-state index is 0.182. The molecule has 1 aromatic carbocycles. The van der Waals surface area contributed by atoms with Gasteiger partial charge in [-0.3, -0.25) is 0 Å². The molecule has 1 atom stereocenters. The van der Waals surface area contributed by atoms with E-state index in [0.717, 1.165) is 16.4 Å². The van der Waals surface area contributed by atoms with E-state index in [9.17, 15) is 0 Å². The molecule has 0 bridgehead atoms. The summed E-state index contributed by atoms with van der Waals surface area (Å²) in [6, 6.07) is 8.00. The molecule has 0 aliphatic heterocycles. The average molecular weight is 220 g/mol. The molecular formula is C10H12N4S. The van der Waals surface area contributed by atoms with Gasteiger partial charge in [-0.25, -0.2) is 4.98 Å². The summed E-state index contributed by atoms with van der Waals surface area (Å²) in [5.74, 6) is 0. The van der Waals surface area contributed by atoms with Crippen LogP contribution in [0.4, 0.5) is 10.8 Å². The number of nitrogens with two attached hydrogens (primary N) is 1. The number of hydrogen-bond donors (Lipinski definition) is 2. The second-order valence-corrected chi connectivity index (χ2v) is 4.06. The van der Waals surface area contributed by atoms with Crippen LogP contribution in [0.1, 0.15) is 18.5 Å². The maximum atomic E-state index is 5.72. The second-order valence-electron chi connectivity index (χ2n) is 3.28. The molecule has 15 heavy (non-hydrogen) atoms. The zero-order chi connectivity index (χ0) is 10.7. The minimum absolute atomic E-state index is 0.182. The third kappa shape index (κ3) is 2.44. The van der Waals surface area contributed by atoms with Gasteiger partial charge in [0.15, 0.2) is 0 Å². The first-order valence-corrected chi connectivity index (χ1v) is 5.41. The largest absolute Gasteiger partial charge is 0.399 e. The molecule has 1 unspecified atom stereocenters. The van der Waals surface area contributed by atoms with Crippen molar-refractivity contribution in [2.24, 2.45) is 0 Å². The number of benzene rings is 1. The summed E-state index contributed by atoms with van der Waals surface area (Å²) < 4.78 is 3.93. The molecule has 1 heterocycles. The predicted molar refractivity (Wildman–Crippen MR) is 62.8 cm³/mol. The second kappa shape index (κ2) is 4.27. The summed E-state index contributed by atoms with van der Waals surface area (Å²) >= 11 is 1.35. The zero-order valence-electron chi connectivity index (χ0n) is 8.34. The number of nitrogens with one attached hydrogen (secondary N) is 1. The van der Waals surface area contributed by atoms with E-state index >= 15 is 0 Å². The van der Waals surface area contributed by atoms with Gasteiger partial charge in [0, 0.05) is 17.2 Å². The van der Waals surface area contributed by atoms with Crippen LogP contribution in [0.2, 0.25) is 0 Å². The summed E-state index contributed by atoms with van der Waals surface area (Å²) in [4.78, 5) is 4.07. The highest BCUT2D eigenvalue weighted by Gasteiger charge is 2.06. The number of aromatic nitrogens is 2. The van der Waals surface area contributed by atoms with Crippen LogP contribution in [0.25, 0.3) is 0 Å². The van der Waals surface area contributed by atoms with Gasteiger partial charge in [0.2, 0.25) is 5.13 Å². The fourth-order valence-corrected chi connectivity index (χ4v) is 1.85. The van der Waals surface area contributed by atoms with Gasteiger partial charge in [-0.15, -0.1) is 0 Å². The Balaban J connectivity index is 2.11. The zero-order valence-corrected chi connectivity index (χ0v) is 9.16. The molecule has 3 N–H and O–H groups in total. The van der Waals surface area contributed by atoms with Gasteiger partial charge in [-0.2, -0.15) is 4.37 Å². The molecule has 2 aromatic rings. The van der Waals surface area contributed by atoms with Crippen molar-refractivity contribution in [1.82, 2.24) is 9.36 Å². The molecule has 0 saturated heterocycles. The van der Waals surface area contributed by atoms with Gasteiger partial charge in [0.05, 0.1) is 6.04 Å². The minimum Gasteiger partial charge on any atom is -0.399 e. The molecule has 2 rings (SSSR count). The van der Waals surface area contributed by atoms with Crippen LogP contribution in [0.3, 0.4) is 0 Å². The Morgan fingerprint density at radius 2 is 2.33 bits per heavy atom. The van der Waals surface area contributed by atoms with E-state index in [4.69, 9.17) is 5.73 Å². The normalized spacial score (nSPS) is 12.3. The van der Waals surface area contributed by atoms with Crippen molar-refractivity contribution in [3.05, 3.63) is 36.2 Å². The van der Waals surface area contributed by atoms with Gasteiger partial charge in [0.25, 0.3) is 0 Å². The van der Waals surface area contributed by atoms with Crippen LogP contribution in [-0.4, -0.2) is 9.36 Å². The van der Waals surface area contributed by atoms with Gasteiger partial charge in [0.1, 0.15) is 6.33 Å². The Labute approximate surface area is 92.3 Å². The van der Waals surface area contributed by atoms with Crippen LogP contribution in [0, 0.1) is 0 Å². The molecular weight excluding hydrogens is 208 g/mol. The Bertz CT molecular complexity index is 427. The van der Waals surface area contributed by atoms with E-state index in [1.807, 2.05) is 24.3 Å². The molecule has 1 aromatic heterocycles. The van der Waals surface area contributed by atoms with Gasteiger partial charge < -0.3 is 11.1 Å². The predicted octanol–water partition coefficient (Wildman–Crippen LogP) is 2.29. The summed E-state index contributed by atoms with van der Waals surface area (Å²) in [7, 11) is 0. The quantitative estimate of drug-likeness (QED) is 0.779. The first kappa shape index (κ1) is 9.92. The van der Waals surface area contributed by atoms with E-state index in [1.54, 1.807) is 6.33 Å². The Morgan fingerprint density at radius 1 is 1.47 bits per heavy atom. The molecule has 0 aliphatic rings. The summed E-state index contributed by atoms with van der Waals surface area (Å²) in [6.07, 6.45) is 1.54. The van der Waals surface area contributed by atoms with Gasteiger partial charge in [-0.1, -0.05) is 12.1 Å². The third-order valence-corrected chi connectivity index (χ3v) is 2.71. The number of hydrogen-bond acceptors (Lipinski definition) is 5. The lowest BCUT2D eigenvalue weighted by atomic mass is 10.1. The first-order chi connectivity index (χ1) is 7.25. The molecule has 0 amide bonds. The Morgan fingerprint density at radius 3 is 3.00 bits per heavy atom. The maximum Gasteiger partial charge on any atom is 0.202 e. The average Bonchev–Trinajstić information content (AvgIpc) is 2.70. The topological polar surface area (TPSA) is 63.8 Å². The van der Waals surface area contributed by atoms with Crippen molar-refractivity contribution in [3.8, 4) is 0 Å². The number of nitrogens with zero attached hydrogens (tertiary/aromatic N) is 2. The molecule has 0 radical (unpaired) electrons. The standard InChI is InChI=1S/C10H12N4S/c1-7(14-10-12-6-13-15-10)8-3-2-4-9(11)5-8/h2-7H,11H2,1H3,(H,12,13,14). The van der Waals surface area contributed by atoms with E-state index in [-0.39, 0.29) is 6.04 Å². The smallest absolute Gasteiger partial charge is 0.202 e. The van der Waals surface area contributed by atoms with Crippen molar-refractivity contribution < 1.29 is 0 Å². The number of anilines is 2. The highest BCUT2D eigenvalue weighted by Crippen LogP contribution is 2.20. The van der Waals surface area contributed by atoms with Crippen molar-refractivity contribution in [1.29, 1.82) is 0 Å². The Hall–Kier alpha value is -1.62. The van der Waals surface area contributed by atoms with Gasteiger partial charge in [-0.05, 0) is 24.6 Å². The molecule has 4 nitrogen and oxygen atoms in total. The summed E-state index contributed by atoms with van der Waals surface area (Å²) in [5, 5.41) is 4.08. The third-order valence-electron chi connectivity index (χ3n) is 2.11. The Kier molecular flexibility index (Phi) is 2.82. The molecule has 5 heteroatoms. The highest BCUT2D eigenvalue weighted by atomic mass is 32.1. The van der Waals surface area contributed by atoms with Gasteiger partial charge >= 0.3 is 0 Å². The van der Waals surface area contributed by atoms with Crippen LogP contribution in [0.15, 0.2) is 30.6 Å². The lowest BCUT2D eigenvalue weighted by Gasteiger charge is -2.13. The highest BCUT2D eigenvalue weighted by molar-refractivity contribution is 7.09. The monoisotopic (exact) mass is 220 g/mol. The van der Waals surface area contributed by atoms with E-state index in [2.05, 4.69) is 21.6 Å². The number of rotatable bonds is 3. The van der Waals surface area contributed by atoms with Crippen LogP contribution in [-0.2, 0) is 0 Å². The molecule has 0 spiro atoms. The summed E-state index contributed by atoms with van der Waals surface area (Å²) in [6.45, 7) is 2.07. The lowest BCUT2D eigenvalue weighted by Crippen LogP contribution is -2.06. The van der Waals surface area contributed by atoms with Crippen LogP contribution < -0.4 is 11.1 Å². The van der Waals surface area contributed by atoms with Crippen molar-refractivity contribution in [2.45, 2.75) is 13.0 Å². The van der Waals surface area contributed by atoms with E-state index in [1.165, 1.54) is 11.5 Å². The van der Waals surface area contributed by atoms with Crippen LogP contribution >= 0.6 is 11.5 Å². The SMILES string of the molecule is CC(Nc1ncns1)c1cccc(N)c1. The van der Waals surface area contributed by atoms with Crippen molar-refractivity contribution >= 4 is 22.4 Å². The molecule has 0 saturated carbocycles. The fraction of sp³-hybridized carbons (Fsp3) is 0.200. The summed E-state index contributed by atoms with van der Waals surface area (Å²) in [5.41, 5.74) is 7.64.